The van der Waals surface area contributed by atoms with E-state index in [-0.39, 0.29) is 29.6 Å². The number of esters is 2. The van der Waals surface area contributed by atoms with Crippen LogP contribution >= 0.6 is 0 Å². The molecule has 0 bridgehead atoms. The maximum absolute atomic E-state index is 12.3. The summed E-state index contributed by atoms with van der Waals surface area (Å²) in [6, 6.07) is 5.77. The lowest BCUT2D eigenvalue weighted by Gasteiger charge is -2.10. The second-order valence-electron chi connectivity index (χ2n) is 5.45. The quantitative estimate of drug-likeness (QED) is 0.496. The Balaban J connectivity index is 1.97. The van der Waals surface area contributed by atoms with Crippen LogP contribution < -0.4 is 9.47 Å². The molecule has 150 valence electrons. The smallest absolute Gasteiger partial charge is 0.387 e. The molecular weight excluding hydrogens is 378 g/mol. The number of halogens is 2. The van der Waals surface area contributed by atoms with Gasteiger partial charge in [0.05, 0.1) is 14.2 Å². The van der Waals surface area contributed by atoms with Gasteiger partial charge in [0.15, 0.2) is 11.5 Å². The third kappa shape index (κ3) is 5.57. The summed E-state index contributed by atoms with van der Waals surface area (Å²) < 4.78 is 48.9. The third-order valence-electron chi connectivity index (χ3n) is 3.51. The molecule has 9 heteroatoms. The van der Waals surface area contributed by atoms with Gasteiger partial charge in [0, 0.05) is 11.6 Å². The average molecular weight is 396 g/mol. The first-order chi connectivity index (χ1) is 13.3. The molecule has 0 aliphatic carbocycles. The Morgan fingerprint density at radius 1 is 1.18 bits per heavy atom. The van der Waals surface area contributed by atoms with Crippen molar-refractivity contribution >= 4 is 18.0 Å². The van der Waals surface area contributed by atoms with Gasteiger partial charge < -0.3 is 23.4 Å². The van der Waals surface area contributed by atoms with Gasteiger partial charge in [-0.15, -0.1) is 0 Å². The predicted octanol–water partition coefficient (Wildman–Crippen LogP) is 3.74. The second kappa shape index (κ2) is 9.54. The molecule has 28 heavy (non-hydrogen) atoms. The van der Waals surface area contributed by atoms with Crippen molar-refractivity contribution in [1.82, 2.24) is 0 Å². The molecule has 0 radical (unpaired) electrons. The molecule has 0 saturated heterocycles. The molecule has 0 atom stereocenters. The van der Waals surface area contributed by atoms with Crippen molar-refractivity contribution < 1.29 is 41.7 Å². The van der Waals surface area contributed by atoms with Gasteiger partial charge in [-0.1, -0.05) is 6.07 Å². The van der Waals surface area contributed by atoms with E-state index in [2.05, 4.69) is 9.47 Å². The van der Waals surface area contributed by atoms with Gasteiger partial charge in [0.25, 0.3) is 0 Å². The molecule has 0 unspecified atom stereocenters. The van der Waals surface area contributed by atoms with Crippen LogP contribution in [0.4, 0.5) is 8.78 Å². The van der Waals surface area contributed by atoms with Gasteiger partial charge in [0.1, 0.15) is 12.4 Å². The van der Waals surface area contributed by atoms with Gasteiger partial charge in [-0.25, -0.2) is 9.59 Å². The lowest BCUT2D eigenvalue weighted by Crippen LogP contribution is -2.03. The number of alkyl halides is 2. The minimum atomic E-state index is -2.98. The zero-order valence-corrected chi connectivity index (χ0v) is 15.4. The fourth-order valence-electron chi connectivity index (χ4n) is 2.25. The molecule has 0 amide bonds. The summed E-state index contributed by atoms with van der Waals surface area (Å²) in [4.78, 5) is 23.3. The molecule has 0 spiro atoms. The molecular formula is C19H18F2O7. The van der Waals surface area contributed by atoms with Crippen LogP contribution in [0.1, 0.15) is 27.4 Å². The van der Waals surface area contributed by atoms with Crippen molar-refractivity contribution in [3.05, 3.63) is 53.0 Å². The summed E-state index contributed by atoms with van der Waals surface area (Å²) in [6.45, 7) is -1.49. The Labute approximate surface area is 159 Å². The van der Waals surface area contributed by atoms with E-state index in [1.165, 1.54) is 38.5 Å². The summed E-state index contributed by atoms with van der Waals surface area (Å²) in [7, 11) is 2.54. The lowest BCUT2D eigenvalue weighted by molar-refractivity contribution is -0.139. The number of hydrogen-bond acceptors (Lipinski definition) is 7. The number of carbonyl (C=O) groups is 2. The number of carbonyl (C=O) groups excluding carboxylic acids is 2. The molecule has 2 rings (SSSR count). The summed E-state index contributed by atoms with van der Waals surface area (Å²) in [5.74, 6) is -0.982. The van der Waals surface area contributed by atoms with Crippen molar-refractivity contribution in [1.29, 1.82) is 0 Å². The van der Waals surface area contributed by atoms with E-state index >= 15 is 0 Å². The van der Waals surface area contributed by atoms with Crippen LogP contribution in [0.2, 0.25) is 0 Å². The molecule has 0 N–H and O–H groups in total. The van der Waals surface area contributed by atoms with E-state index in [0.717, 1.165) is 6.08 Å². The van der Waals surface area contributed by atoms with Crippen molar-refractivity contribution in [3.63, 3.8) is 0 Å². The molecule has 2 aromatic rings. The van der Waals surface area contributed by atoms with Crippen molar-refractivity contribution in [3.8, 4) is 11.5 Å². The van der Waals surface area contributed by atoms with E-state index in [1.807, 2.05) is 0 Å². The Hall–Kier alpha value is -3.36. The summed E-state index contributed by atoms with van der Waals surface area (Å²) in [5, 5.41) is 0. The van der Waals surface area contributed by atoms with E-state index < -0.39 is 18.6 Å². The number of furan rings is 1. The fraction of sp³-hybridized carbons (Fsp3) is 0.263. The number of aryl methyl sites for hydroxylation is 1. The molecule has 1 heterocycles. The molecule has 0 saturated carbocycles. The van der Waals surface area contributed by atoms with Crippen LogP contribution in [-0.2, 0) is 20.9 Å². The monoisotopic (exact) mass is 396 g/mol. The van der Waals surface area contributed by atoms with Crippen LogP contribution in [0.25, 0.3) is 6.08 Å². The first-order valence-electron chi connectivity index (χ1n) is 7.99. The predicted molar refractivity (Wildman–Crippen MR) is 93.2 cm³/mol. The second-order valence-corrected chi connectivity index (χ2v) is 5.45. The Morgan fingerprint density at radius 3 is 2.57 bits per heavy atom. The summed E-state index contributed by atoms with van der Waals surface area (Å²) >= 11 is 0. The van der Waals surface area contributed by atoms with Gasteiger partial charge in [-0.05, 0) is 36.8 Å². The molecule has 0 aliphatic rings. The highest BCUT2D eigenvalue weighted by Crippen LogP contribution is 2.29. The third-order valence-corrected chi connectivity index (χ3v) is 3.51. The van der Waals surface area contributed by atoms with Crippen molar-refractivity contribution in [2.24, 2.45) is 0 Å². The fourth-order valence-corrected chi connectivity index (χ4v) is 2.25. The van der Waals surface area contributed by atoms with Gasteiger partial charge in [0.2, 0.25) is 5.76 Å². The van der Waals surface area contributed by atoms with Crippen molar-refractivity contribution in [2.75, 3.05) is 14.2 Å². The van der Waals surface area contributed by atoms with E-state index in [9.17, 15) is 18.4 Å². The summed E-state index contributed by atoms with van der Waals surface area (Å²) in [6.07, 6.45) is 2.57. The maximum Gasteiger partial charge on any atom is 0.387 e. The zero-order chi connectivity index (χ0) is 20.7. The lowest BCUT2D eigenvalue weighted by atomic mass is 10.2. The average Bonchev–Trinajstić information content (AvgIpc) is 3.05. The van der Waals surface area contributed by atoms with E-state index in [4.69, 9.17) is 13.9 Å². The van der Waals surface area contributed by atoms with Crippen LogP contribution in [0.3, 0.4) is 0 Å². The number of hydrogen-bond donors (Lipinski definition) is 0. The highest BCUT2D eigenvalue weighted by atomic mass is 19.3. The summed E-state index contributed by atoms with van der Waals surface area (Å²) in [5.41, 5.74) is 1.07. The van der Waals surface area contributed by atoms with E-state index in [0.29, 0.717) is 11.1 Å². The maximum atomic E-state index is 12.3. The van der Waals surface area contributed by atoms with Crippen LogP contribution in [0.5, 0.6) is 11.5 Å². The molecule has 0 aliphatic heterocycles. The number of methoxy groups -OCH3 is 2. The Bertz CT molecular complexity index is 871. The normalized spacial score (nSPS) is 10.9. The molecule has 7 nitrogen and oxygen atoms in total. The number of ether oxygens (including phenoxy) is 4. The first-order valence-corrected chi connectivity index (χ1v) is 7.99. The highest BCUT2D eigenvalue weighted by Gasteiger charge is 2.16. The van der Waals surface area contributed by atoms with E-state index in [1.54, 1.807) is 13.0 Å². The molecule has 0 fully saturated rings. The number of benzene rings is 1. The standard InChI is InChI=1S/C19H18F2O7/c1-11-8-13(27-17(11)18(23)25-3)10-26-16(22)7-5-12-4-6-14(28-19(20)21)15(9-12)24-2/h4-9,19H,10H2,1-3H3/b7-5+. The van der Waals surface area contributed by atoms with Crippen LogP contribution in [0.15, 0.2) is 34.8 Å². The van der Waals surface area contributed by atoms with Crippen LogP contribution in [-0.4, -0.2) is 32.8 Å². The SMILES string of the molecule is COC(=O)c1oc(COC(=O)/C=C/c2ccc(OC(F)F)c(OC)c2)cc1C. The van der Waals surface area contributed by atoms with Crippen molar-refractivity contribution in [2.45, 2.75) is 20.1 Å². The Morgan fingerprint density at radius 2 is 1.93 bits per heavy atom. The van der Waals surface area contributed by atoms with Gasteiger partial charge in [-0.2, -0.15) is 8.78 Å². The van der Waals surface area contributed by atoms with Gasteiger partial charge in [-0.3, -0.25) is 0 Å². The minimum Gasteiger partial charge on any atom is -0.493 e. The topological polar surface area (TPSA) is 84.2 Å². The molecule has 1 aromatic carbocycles. The minimum absolute atomic E-state index is 0.0438. The highest BCUT2D eigenvalue weighted by molar-refractivity contribution is 5.88. The number of rotatable bonds is 8. The Kier molecular flexibility index (Phi) is 7.14. The first kappa shape index (κ1) is 20.9. The molecule has 1 aromatic heterocycles. The van der Waals surface area contributed by atoms with Gasteiger partial charge >= 0.3 is 18.6 Å². The zero-order valence-electron chi connectivity index (χ0n) is 15.4. The van der Waals surface area contributed by atoms with Crippen LogP contribution in [0, 0.1) is 6.92 Å². The largest absolute Gasteiger partial charge is 0.493 e.